The van der Waals surface area contributed by atoms with Crippen LogP contribution in [0.4, 0.5) is 11.4 Å². The van der Waals surface area contributed by atoms with E-state index in [4.69, 9.17) is 39.6 Å². The van der Waals surface area contributed by atoms with Crippen LogP contribution in [0.2, 0.25) is 5.02 Å². The van der Waals surface area contributed by atoms with Crippen LogP contribution in [-0.2, 0) is 9.63 Å². The molecule has 9 nitrogen and oxygen atoms in total. The fraction of sp³-hybridized carbons (Fsp3) is 0.269. The second-order valence-corrected chi connectivity index (χ2v) is 10.3. The highest BCUT2D eigenvalue weighted by Gasteiger charge is 2.30. The highest BCUT2D eigenvalue weighted by Crippen LogP contribution is 2.37. The molecule has 1 N–H and O–H groups in total. The molecule has 0 bridgehead atoms. The largest absolute Gasteiger partial charge is 0.387 e. The SMILES string of the molecule is O=C(Nc1cccc(C2CC(c3c(Cl)cccc3N3CCN(C(=O)c4cnccn4)CC3)=NO2)c1)C(Cl)Cl. The summed E-state index contributed by atoms with van der Waals surface area (Å²) in [5.74, 6) is -0.638. The van der Waals surface area contributed by atoms with Gasteiger partial charge in [0.2, 0.25) is 0 Å². The van der Waals surface area contributed by atoms with Crippen molar-refractivity contribution in [2.75, 3.05) is 36.4 Å². The summed E-state index contributed by atoms with van der Waals surface area (Å²) in [6.45, 7) is 2.33. The van der Waals surface area contributed by atoms with Gasteiger partial charge in [-0.15, -0.1) is 0 Å². The highest BCUT2D eigenvalue weighted by atomic mass is 35.5. The molecule has 1 atom stereocenters. The molecule has 0 aliphatic carbocycles. The van der Waals surface area contributed by atoms with Crippen LogP contribution in [0.5, 0.6) is 0 Å². The van der Waals surface area contributed by atoms with Gasteiger partial charge in [0.1, 0.15) is 5.69 Å². The summed E-state index contributed by atoms with van der Waals surface area (Å²) in [5.41, 5.74) is 4.20. The molecule has 0 spiro atoms. The molecule has 1 unspecified atom stereocenters. The van der Waals surface area contributed by atoms with Gasteiger partial charge < -0.3 is 20.0 Å². The third kappa shape index (κ3) is 5.70. The van der Waals surface area contributed by atoms with Gasteiger partial charge in [0.05, 0.1) is 16.9 Å². The Hall–Kier alpha value is -3.40. The molecule has 1 saturated heterocycles. The number of halogens is 3. The smallest absolute Gasteiger partial charge is 0.274 e. The topological polar surface area (TPSA) is 100 Å². The molecule has 1 fully saturated rings. The van der Waals surface area contributed by atoms with Crippen molar-refractivity contribution in [2.45, 2.75) is 17.4 Å². The first kappa shape index (κ1) is 26.2. The molecule has 2 aliphatic rings. The van der Waals surface area contributed by atoms with Crippen LogP contribution in [-0.4, -0.2) is 63.4 Å². The van der Waals surface area contributed by atoms with E-state index in [9.17, 15) is 9.59 Å². The molecule has 196 valence electrons. The first-order valence-corrected chi connectivity index (χ1v) is 13.2. The van der Waals surface area contributed by atoms with Crippen molar-refractivity contribution < 1.29 is 14.4 Å². The molecule has 5 rings (SSSR count). The Morgan fingerprint density at radius 3 is 2.58 bits per heavy atom. The van der Waals surface area contributed by atoms with E-state index in [1.165, 1.54) is 12.4 Å². The number of carbonyl (C=O) groups excluding carboxylic acids is 2. The van der Waals surface area contributed by atoms with Crippen LogP contribution < -0.4 is 10.2 Å². The fourth-order valence-corrected chi connectivity index (χ4v) is 4.89. The predicted molar refractivity (Wildman–Crippen MR) is 147 cm³/mol. The minimum absolute atomic E-state index is 0.133. The predicted octanol–water partition coefficient (Wildman–Crippen LogP) is 4.70. The molecular formula is C26H23Cl3N6O3. The average Bonchev–Trinajstić information content (AvgIpc) is 3.43. The molecule has 3 heterocycles. The zero-order chi connectivity index (χ0) is 26.6. The number of benzene rings is 2. The van der Waals surface area contributed by atoms with Gasteiger partial charge in [-0.05, 0) is 29.8 Å². The van der Waals surface area contributed by atoms with Gasteiger partial charge in [-0.2, -0.15) is 0 Å². The lowest BCUT2D eigenvalue weighted by Gasteiger charge is -2.37. The van der Waals surface area contributed by atoms with Crippen molar-refractivity contribution in [3.8, 4) is 0 Å². The maximum Gasteiger partial charge on any atom is 0.274 e. The molecule has 2 amide bonds. The van der Waals surface area contributed by atoms with Crippen molar-refractivity contribution >= 4 is 63.7 Å². The average molecular weight is 574 g/mol. The van der Waals surface area contributed by atoms with Crippen molar-refractivity contribution in [3.05, 3.63) is 82.9 Å². The maximum absolute atomic E-state index is 12.8. The van der Waals surface area contributed by atoms with Gasteiger partial charge in [-0.3, -0.25) is 14.6 Å². The zero-order valence-corrected chi connectivity index (χ0v) is 22.3. The molecule has 38 heavy (non-hydrogen) atoms. The van der Waals surface area contributed by atoms with E-state index >= 15 is 0 Å². The van der Waals surface area contributed by atoms with Gasteiger partial charge in [0, 0.05) is 61.9 Å². The number of nitrogens with one attached hydrogen (secondary N) is 1. The number of piperazine rings is 1. The Balaban J connectivity index is 1.29. The van der Waals surface area contributed by atoms with Gasteiger partial charge in [0.25, 0.3) is 11.8 Å². The molecule has 3 aromatic rings. The van der Waals surface area contributed by atoms with E-state index in [1.54, 1.807) is 23.2 Å². The number of nitrogens with zero attached hydrogens (tertiary/aromatic N) is 5. The second kappa shape index (κ2) is 11.6. The van der Waals surface area contributed by atoms with Gasteiger partial charge >= 0.3 is 0 Å². The number of anilines is 2. The number of hydrogen-bond acceptors (Lipinski definition) is 7. The van der Waals surface area contributed by atoms with Crippen LogP contribution in [0, 0.1) is 0 Å². The summed E-state index contributed by atoms with van der Waals surface area (Å²) in [4.78, 5) is 41.3. The molecular weight excluding hydrogens is 551 g/mol. The monoisotopic (exact) mass is 572 g/mol. The lowest BCUT2D eigenvalue weighted by Crippen LogP contribution is -2.49. The van der Waals surface area contributed by atoms with Gasteiger partial charge in [0.15, 0.2) is 10.9 Å². The molecule has 0 radical (unpaired) electrons. The van der Waals surface area contributed by atoms with Crippen molar-refractivity contribution in [2.24, 2.45) is 5.16 Å². The summed E-state index contributed by atoms with van der Waals surface area (Å²) in [5, 5.41) is 7.62. The van der Waals surface area contributed by atoms with Crippen LogP contribution >= 0.6 is 34.8 Å². The van der Waals surface area contributed by atoms with E-state index in [1.807, 2.05) is 30.3 Å². The normalized spacial score (nSPS) is 17.3. The van der Waals surface area contributed by atoms with Gasteiger partial charge in [-0.1, -0.05) is 58.2 Å². The minimum atomic E-state index is -1.16. The number of alkyl halides is 2. The fourth-order valence-electron chi connectivity index (χ4n) is 4.50. The summed E-state index contributed by atoms with van der Waals surface area (Å²) in [7, 11) is 0. The Labute approximate surface area is 234 Å². The van der Waals surface area contributed by atoms with Crippen molar-refractivity contribution in [1.29, 1.82) is 0 Å². The molecule has 0 saturated carbocycles. The minimum Gasteiger partial charge on any atom is -0.387 e. The third-order valence-electron chi connectivity index (χ3n) is 6.36. The lowest BCUT2D eigenvalue weighted by molar-refractivity contribution is -0.114. The quantitative estimate of drug-likeness (QED) is 0.429. The Bertz CT molecular complexity index is 1360. The number of aromatic nitrogens is 2. The summed E-state index contributed by atoms with van der Waals surface area (Å²) in [6.07, 6.45) is 4.68. The second-order valence-electron chi connectivity index (χ2n) is 8.76. The van der Waals surface area contributed by atoms with Crippen molar-refractivity contribution in [3.63, 3.8) is 0 Å². The zero-order valence-electron chi connectivity index (χ0n) is 20.1. The molecule has 2 aromatic carbocycles. The molecule has 2 aliphatic heterocycles. The Morgan fingerprint density at radius 1 is 1.05 bits per heavy atom. The molecule has 1 aromatic heterocycles. The number of hydrogen-bond donors (Lipinski definition) is 1. The summed E-state index contributed by atoms with van der Waals surface area (Å²) < 4.78 is 0. The maximum atomic E-state index is 12.8. The van der Waals surface area contributed by atoms with E-state index in [0.29, 0.717) is 49.0 Å². The van der Waals surface area contributed by atoms with Gasteiger partial charge in [-0.25, -0.2) is 4.98 Å². The first-order valence-electron chi connectivity index (χ1n) is 11.9. The van der Waals surface area contributed by atoms with Crippen molar-refractivity contribution in [1.82, 2.24) is 14.9 Å². The number of oxime groups is 1. The van der Waals surface area contributed by atoms with E-state index < -0.39 is 10.7 Å². The highest BCUT2D eigenvalue weighted by molar-refractivity contribution is 6.54. The number of carbonyl (C=O) groups is 2. The first-order chi connectivity index (χ1) is 18.4. The Kier molecular flexibility index (Phi) is 7.97. The number of rotatable bonds is 6. The Morgan fingerprint density at radius 2 is 1.84 bits per heavy atom. The van der Waals surface area contributed by atoms with Crippen LogP contribution in [0.15, 0.2) is 66.2 Å². The van der Waals surface area contributed by atoms with Crippen LogP contribution in [0.25, 0.3) is 0 Å². The summed E-state index contributed by atoms with van der Waals surface area (Å²) >= 11 is 18.0. The number of amides is 2. The van der Waals surface area contributed by atoms with Crippen LogP contribution in [0.1, 0.15) is 34.1 Å². The van der Waals surface area contributed by atoms with E-state index in [-0.39, 0.29) is 12.0 Å². The third-order valence-corrected chi connectivity index (χ3v) is 7.07. The lowest BCUT2D eigenvalue weighted by atomic mass is 9.98. The van der Waals surface area contributed by atoms with Crippen LogP contribution in [0.3, 0.4) is 0 Å². The van der Waals surface area contributed by atoms with E-state index in [2.05, 4.69) is 25.3 Å². The summed E-state index contributed by atoms with van der Waals surface area (Å²) in [6, 6.07) is 13.0. The van der Waals surface area contributed by atoms with E-state index in [0.717, 1.165) is 22.5 Å². The standard InChI is InChI=1S/C26H23Cl3N6O3/c27-18-5-2-6-21(34-9-11-35(12-10-34)26(37)20-15-30-7-8-31-20)23(18)19-14-22(38-33-19)16-3-1-4-17(13-16)32-25(36)24(28)29/h1-8,13,15,22,24H,9-12,14H2,(H,32,36). The molecule has 12 heteroatoms.